The molecule has 0 aliphatic heterocycles. The molecule has 0 spiro atoms. The van der Waals surface area contributed by atoms with Gasteiger partial charge < -0.3 is 4.57 Å². The maximum absolute atomic E-state index is 12.8. The number of halogens is 1. The molecule has 6 heteroatoms. The van der Waals surface area contributed by atoms with Gasteiger partial charge in [-0.25, -0.2) is 9.87 Å². The summed E-state index contributed by atoms with van der Waals surface area (Å²) in [5.41, 5.74) is 2.25. The van der Waals surface area contributed by atoms with Crippen molar-refractivity contribution in [1.82, 2.24) is 10.0 Å². The Balaban J connectivity index is 2.25. The van der Waals surface area contributed by atoms with E-state index in [9.17, 15) is 14.0 Å². The van der Waals surface area contributed by atoms with Crippen LogP contribution in [0.4, 0.5) is 4.39 Å². The summed E-state index contributed by atoms with van der Waals surface area (Å²) in [7, 11) is 0. The highest BCUT2D eigenvalue weighted by molar-refractivity contribution is 5.90. The van der Waals surface area contributed by atoms with Gasteiger partial charge in [0.1, 0.15) is 5.82 Å². The molecule has 0 fully saturated rings. The number of nitrogens with one attached hydrogen (secondary N) is 1. The number of hydrogen-bond donors (Lipinski definition) is 2. The van der Waals surface area contributed by atoms with Crippen LogP contribution < -0.4 is 11.0 Å². The third-order valence-corrected chi connectivity index (χ3v) is 2.84. The number of carbonyl (C=O) groups excluding carboxylic acids is 1. The third kappa shape index (κ3) is 3.87. The smallest absolute Gasteiger partial charge is 0.267 e. The molecule has 1 amide bonds. The van der Waals surface area contributed by atoms with Gasteiger partial charge in [0.25, 0.3) is 11.5 Å². The molecule has 0 saturated heterocycles. The van der Waals surface area contributed by atoms with E-state index in [0.717, 1.165) is 11.6 Å². The number of hydrogen-bond acceptors (Lipinski definition) is 3. The van der Waals surface area contributed by atoms with Crippen molar-refractivity contribution in [3.05, 3.63) is 76.0 Å². The van der Waals surface area contributed by atoms with Gasteiger partial charge >= 0.3 is 0 Å². The van der Waals surface area contributed by atoms with Crippen LogP contribution in [0, 0.1) is 5.82 Å². The molecule has 5 nitrogen and oxygen atoms in total. The van der Waals surface area contributed by atoms with Gasteiger partial charge in [-0.3, -0.25) is 14.8 Å². The molecule has 2 N–H and O–H groups in total. The lowest BCUT2D eigenvalue weighted by molar-refractivity contribution is -0.124. The molecule has 0 aliphatic carbocycles. The second kappa shape index (κ2) is 6.62. The minimum absolute atomic E-state index is 0.288. The van der Waals surface area contributed by atoms with Gasteiger partial charge in [-0.2, -0.15) is 0 Å². The van der Waals surface area contributed by atoms with E-state index in [-0.39, 0.29) is 11.4 Å². The van der Waals surface area contributed by atoms with Crippen molar-refractivity contribution < 1.29 is 14.4 Å². The largest absolute Gasteiger partial charge is 0.311 e. The fraction of sp³-hybridized carbons (Fsp3) is 0.0667. The lowest BCUT2D eigenvalue weighted by Gasteiger charge is -2.06. The first-order valence-corrected chi connectivity index (χ1v) is 6.16. The Kier molecular flexibility index (Phi) is 4.63. The minimum atomic E-state index is -0.719. The topological polar surface area (TPSA) is 71.3 Å². The zero-order chi connectivity index (χ0) is 15.2. The Morgan fingerprint density at radius 3 is 2.67 bits per heavy atom. The van der Waals surface area contributed by atoms with E-state index in [1.54, 1.807) is 30.5 Å². The molecular weight excluding hydrogens is 275 g/mol. The maximum Gasteiger partial charge on any atom is 0.267 e. The Morgan fingerprint density at radius 1 is 1.29 bits per heavy atom. The van der Waals surface area contributed by atoms with Crippen LogP contribution in [0.5, 0.6) is 0 Å². The first-order valence-electron chi connectivity index (χ1n) is 6.16. The molecule has 21 heavy (non-hydrogen) atoms. The predicted molar refractivity (Wildman–Crippen MR) is 75.2 cm³/mol. The van der Waals surface area contributed by atoms with E-state index >= 15 is 0 Å². The summed E-state index contributed by atoms with van der Waals surface area (Å²) in [6.07, 6.45) is 3.98. The summed E-state index contributed by atoms with van der Waals surface area (Å²) in [5, 5.41) is 8.39. The van der Waals surface area contributed by atoms with Crippen molar-refractivity contribution in [1.29, 1.82) is 0 Å². The molecule has 2 rings (SSSR count). The van der Waals surface area contributed by atoms with Crippen molar-refractivity contribution in [3.8, 4) is 0 Å². The molecule has 0 atom stereocenters. The molecule has 1 aromatic heterocycles. The van der Waals surface area contributed by atoms with E-state index in [0.29, 0.717) is 12.1 Å². The molecule has 0 unspecified atom stereocenters. The van der Waals surface area contributed by atoms with Crippen LogP contribution in [-0.2, 0) is 11.3 Å². The number of pyridine rings is 1. The summed E-state index contributed by atoms with van der Waals surface area (Å²) in [6.45, 7) is 0.299. The number of carbonyl (C=O) groups is 1. The molecule has 2 aromatic rings. The molecule has 108 valence electrons. The Morgan fingerprint density at radius 2 is 2.00 bits per heavy atom. The highest BCUT2D eigenvalue weighted by Gasteiger charge is 2.02. The summed E-state index contributed by atoms with van der Waals surface area (Å²) in [5.74, 6) is -1.05. The van der Waals surface area contributed by atoms with Crippen LogP contribution in [0.2, 0.25) is 0 Å². The van der Waals surface area contributed by atoms with E-state index in [2.05, 4.69) is 0 Å². The van der Waals surface area contributed by atoms with Crippen molar-refractivity contribution in [3.63, 3.8) is 0 Å². The van der Waals surface area contributed by atoms with Gasteiger partial charge in [0.05, 0.1) is 6.54 Å². The number of aromatic nitrogens is 1. The number of amides is 1. The first kappa shape index (κ1) is 14.7. The van der Waals surface area contributed by atoms with Gasteiger partial charge in [-0.15, -0.1) is 0 Å². The van der Waals surface area contributed by atoms with Gasteiger partial charge in [0.2, 0.25) is 0 Å². The van der Waals surface area contributed by atoms with E-state index in [1.165, 1.54) is 28.3 Å². The van der Waals surface area contributed by atoms with E-state index < -0.39 is 5.91 Å². The van der Waals surface area contributed by atoms with Crippen molar-refractivity contribution in [2.45, 2.75) is 6.54 Å². The van der Waals surface area contributed by atoms with Gasteiger partial charge in [0, 0.05) is 17.8 Å². The zero-order valence-electron chi connectivity index (χ0n) is 11.0. The van der Waals surface area contributed by atoms with Crippen molar-refractivity contribution >= 4 is 12.0 Å². The number of nitrogens with zero attached hydrogens (tertiary/aromatic N) is 1. The molecule has 1 aromatic carbocycles. The molecule has 0 aliphatic rings. The lowest BCUT2D eigenvalue weighted by Crippen LogP contribution is -2.22. The van der Waals surface area contributed by atoms with Crippen LogP contribution in [0.15, 0.2) is 53.5 Å². The third-order valence-electron chi connectivity index (χ3n) is 2.84. The average Bonchev–Trinajstić information content (AvgIpc) is 2.50. The predicted octanol–water partition coefficient (Wildman–Crippen LogP) is 1.55. The minimum Gasteiger partial charge on any atom is -0.311 e. The van der Waals surface area contributed by atoms with Gasteiger partial charge in [-0.1, -0.05) is 12.1 Å². The molecular formula is C15H13FN2O3. The first-order chi connectivity index (χ1) is 10.1. The highest BCUT2D eigenvalue weighted by Crippen LogP contribution is 2.05. The Labute approximate surface area is 119 Å². The zero-order valence-corrected chi connectivity index (χ0v) is 11.0. The second-order valence-electron chi connectivity index (χ2n) is 4.33. The van der Waals surface area contributed by atoms with E-state index in [4.69, 9.17) is 5.21 Å². The number of benzene rings is 1. The van der Waals surface area contributed by atoms with Crippen LogP contribution >= 0.6 is 0 Å². The molecule has 0 bridgehead atoms. The number of rotatable bonds is 4. The quantitative estimate of drug-likeness (QED) is 0.509. The molecule has 1 heterocycles. The monoisotopic (exact) mass is 288 g/mol. The van der Waals surface area contributed by atoms with Crippen LogP contribution in [0.1, 0.15) is 11.1 Å². The van der Waals surface area contributed by atoms with Crippen molar-refractivity contribution in [2.75, 3.05) is 0 Å². The Hall–Kier alpha value is -2.73. The SMILES string of the molecule is O=C(/C=C/c1cccn(Cc2ccc(F)cc2)c1=O)NO. The highest BCUT2D eigenvalue weighted by atomic mass is 19.1. The molecule has 0 radical (unpaired) electrons. The maximum atomic E-state index is 12.8. The van der Waals surface area contributed by atoms with Crippen molar-refractivity contribution in [2.24, 2.45) is 0 Å². The van der Waals surface area contributed by atoms with Crippen LogP contribution in [0.25, 0.3) is 6.08 Å². The van der Waals surface area contributed by atoms with E-state index in [1.807, 2.05) is 0 Å². The summed E-state index contributed by atoms with van der Waals surface area (Å²) in [6, 6.07) is 9.09. The van der Waals surface area contributed by atoms with Crippen LogP contribution in [0.3, 0.4) is 0 Å². The van der Waals surface area contributed by atoms with Gasteiger partial charge in [-0.05, 0) is 35.9 Å². The van der Waals surface area contributed by atoms with Crippen LogP contribution in [-0.4, -0.2) is 15.7 Å². The number of hydroxylamine groups is 1. The summed E-state index contributed by atoms with van der Waals surface area (Å²) >= 11 is 0. The lowest BCUT2D eigenvalue weighted by atomic mass is 10.2. The normalized spacial score (nSPS) is 10.8. The molecule has 0 saturated carbocycles. The summed E-state index contributed by atoms with van der Waals surface area (Å²) in [4.78, 5) is 23.1. The Bertz CT molecular complexity index is 720. The standard InChI is InChI=1S/C15H13FN2O3/c16-13-6-3-11(4-7-13)10-18-9-1-2-12(15(18)20)5-8-14(19)17-21/h1-9,21H,10H2,(H,17,19)/b8-5+. The fourth-order valence-electron chi connectivity index (χ4n) is 1.80. The second-order valence-corrected chi connectivity index (χ2v) is 4.33. The average molecular weight is 288 g/mol. The van der Waals surface area contributed by atoms with Gasteiger partial charge in [0.15, 0.2) is 0 Å². The summed E-state index contributed by atoms with van der Waals surface area (Å²) < 4.78 is 14.3. The fourth-order valence-corrected chi connectivity index (χ4v) is 1.80.